The van der Waals surface area contributed by atoms with Crippen molar-refractivity contribution >= 4 is 17.6 Å². The second-order valence-corrected chi connectivity index (χ2v) is 11.1. The highest BCUT2D eigenvalue weighted by atomic mass is 35.5. The summed E-state index contributed by atoms with van der Waals surface area (Å²) < 4.78 is 36.9. The van der Waals surface area contributed by atoms with Gasteiger partial charge in [-0.3, -0.25) is 4.79 Å². The Kier molecular flexibility index (Phi) is 11.1. The van der Waals surface area contributed by atoms with E-state index < -0.39 is 35.7 Å². The Hall–Kier alpha value is -2.20. The van der Waals surface area contributed by atoms with Gasteiger partial charge in [0.2, 0.25) is 5.79 Å². The van der Waals surface area contributed by atoms with Gasteiger partial charge in [-0.15, -0.1) is 0 Å². The van der Waals surface area contributed by atoms with Crippen LogP contribution in [0.4, 0.5) is 0 Å². The molecule has 226 valence electrons. The first-order valence-electron chi connectivity index (χ1n) is 14.7. The minimum atomic E-state index is -1.40. The van der Waals surface area contributed by atoms with Crippen molar-refractivity contribution in [1.82, 2.24) is 0 Å². The number of aliphatic hydroxyl groups is 1. The van der Waals surface area contributed by atoms with Crippen LogP contribution in [0.25, 0.3) is 0 Å². The van der Waals surface area contributed by atoms with E-state index in [2.05, 4.69) is 13.8 Å². The third kappa shape index (κ3) is 7.07. The average molecular weight is 591 g/mol. The molecule has 2 bridgehead atoms. The molecule has 0 unspecified atom stereocenters. The van der Waals surface area contributed by atoms with Gasteiger partial charge in [-0.2, -0.15) is 0 Å². The number of unbranched alkanes of at least 4 members (excludes halogenated alkanes) is 2. The average Bonchev–Trinajstić information content (AvgIpc) is 3.33. The molecule has 2 aliphatic rings. The normalized spacial score (nSPS) is 27.1. The minimum absolute atomic E-state index is 0.000424. The molecule has 2 heterocycles. The van der Waals surface area contributed by atoms with Crippen molar-refractivity contribution in [2.24, 2.45) is 0 Å². The smallest absolute Gasteiger partial charge is 0.302 e. The highest BCUT2D eigenvalue weighted by Crippen LogP contribution is 2.52. The topological polar surface area (TPSA) is 92.7 Å². The summed E-state index contributed by atoms with van der Waals surface area (Å²) in [6, 6.07) is 13.6. The lowest BCUT2D eigenvalue weighted by molar-refractivity contribution is -0.344. The summed E-state index contributed by atoms with van der Waals surface area (Å²) in [6.07, 6.45) is 1.42. The third-order valence-corrected chi connectivity index (χ3v) is 7.98. The second-order valence-electron chi connectivity index (χ2n) is 10.7. The number of aliphatic hydroxyl groups excluding tert-OH is 1. The summed E-state index contributed by atoms with van der Waals surface area (Å²) in [5.41, 5.74) is 1.33. The van der Waals surface area contributed by atoms with Crippen LogP contribution in [0.3, 0.4) is 0 Å². The minimum Gasteiger partial charge on any atom is -0.494 e. The summed E-state index contributed by atoms with van der Waals surface area (Å²) in [5.74, 6) is -1.06. The van der Waals surface area contributed by atoms with Crippen LogP contribution in [0.2, 0.25) is 5.02 Å². The van der Waals surface area contributed by atoms with Gasteiger partial charge in [0.15, 0.2) is 5.60 Å². The molecule has 2 aromatic carbocycles. The fourth-order valence-electron chi connectivity index (χ4n) is 5.36. The maximum Gasteiger partial charge on any atom is 0.302 e. The number of esters is 1. The first-order chi connectivity index (χ1) is 19.8. The van der Waals surface area contributed by atoms with Gasteiger partial charge < -0.3 is 33.5 Å². The predicted octanol–water partition coefficient (Wildman–Crippen LogP) is 5.58. The van der Waals surface area contributed by atoms with E-state index in [1.807, 2.05) is 49.4 Å². The molecule has 4 rings (SSSR count). The van der Waals surface area contributed by atoms with E-state index in [4.69, 9.17) is 40.0 Å². The van der Waals surface area contributed by atoms with Crippen molar-refractivity contribution in [3.63, 3.8) is 0 Å². The van der Waals surface area contributed by atoms with Gasteiger partial charge in [0.05, 0.1) is 13.2 Å². The van der Waals surface area contributed by atoms with Crippen LogP contribution in [0.15, 0.2) is 42.5 Å². The van der Waals surface area contributed by atoms with E-state index in [1.165, 1.54) is 6.92 Å². The molecule has 1 N–H and O–H groups in total. The molecule has 2 aliphatic heterocycles. The molecule has 8 nitrogen and oxygen atoms in total. The number of rotatable bonds is 15. The van der Waals surface area contributed by atoms with Gasteiger partial charge in [0.25, 0.3) is 0 Å². The highest BCUT2D eigenvalue weighted by Gasteiger charge is 2.69. The summed E-state index contributed by atoms with van der Waals surface area (Å²) >= 11 is 6.69. The molecule has 0 radical (unpaired) electrons. The first-order valence-corrected chi connectivity index (χ1v) is 15.1. The van der Waals surface area contributed by atoms with Gasteiger partial charge >= 0.3 is 5.97 Å². The molecule has 0 spiro atoms. The Labute approximate surface area is 248 Å². The Bertz CT molecular complexity index is 1140. The Balaban J connectivity index is 1.73. The molecular weight excluding hydrogens is 548 g/mol. The molecule has 0 aromatic heterocycles. The van der Waals surface area contributed by atoms with E-state index >= 15 is 0 Å². The molecular formula is C32H43ClO8. The molecule has 0 aliphatic carbocycles. The van der Waals surface area contributed by atoms with E-state index in [0.717, 1.165) is 42.6 Å². The number of carbonyl (C=O) groups excluding carboxylic acids is 1. The fourth-order valence-corrected chi connectivity index (χ4v) is 5.55. The number of hydrogen-bond donors (Lipinski definition) is 1. The van der Waals surface area contributed by atoms with Crippen LogP contribution in [-0.4, -0.2) is 68.0 Å². The van der Waals surface area contributed by atoms with E-state index in [9.17, 15) is 9.90 Å². The summed E-state index contributed by atoms with van der Waals surface area (Å²) in [4.78, 5) is 11.8. The van der Waals surface area contributed by atoms with Gasteiger partial charge in [-0.05, 0) is 61.6 Å². The zero-order valence-corrected chi connectivity index (χ0v) is 25.3. The lowest BCUT2D eigenvalue weighted by Crippen LogP contribution is -2.67. The summed E-state index contributed by atoms with van der Waals surface area (Å²) in [7, 11) is 0. The molecule has 2 fully saturated rings. The molecule has 2 saturated heterocycles. The standard InChI is InChI=1S/C32H43ClO8/c1-5-8-16-37-28-29(35)31(20-39-22(4)34)21-40-32(41-31,30(28)38-17-9-6-2)25-12-15-27(33)24(19-25)18-23-10-13-26(14-11-23)36-7-3/h10-15,19,28-30,35H,5-9,16-18,20-21H2,1-4H3/t28-,29+,30+,31-,32-/m0/s1. The Morgan fingerprint density at radius 2 is 1.76 bits per heavy atom. The number of benzene rings is 2. The predicted molar refractivity (Wildman–Crippen MR) is 155 cm³/mol. The van der Waals surface area contributed by atoms with Crippen LogP contribution in [0.1, 0.15) is 70.1 Å². The van der Waals surface area contributed by atoms with E-state index in [0.29, 0.717) is 36.8 Å². The lowest BCUT2D eigenvalue weighted by atomic mass is 9.83. The van der Waals surface area contributed by atoms with Gasteiger partial charge in [0, 0.05) is 30.7 Å². The molecule has 2 aromatic rings. The fraction of sp³-hybridized carbons (Fsp3) is 0.594. The highest BCUT2D eigenvalue weighted by molar-refractivity contribution is 6.31. The lowest BCUT2D eigenvalue weighted by Gasteiger charge is -2.49. The number of ether oxygens (including phenoxy) is 6. The van der Waals surface area contributed by atoms with Crippen molar-refractivity contribution in [1.29, 1.82) is 0 Å². The van der Waals surface area contributed by atoms with Crippen LogP contribution in [0, 0.1) is 0 Å². The zero-order valence-electron chi connectivity index (χ0n) is 24.5. The van der Waals surface area contributed by atoms with Gasteiger partial charge in [-0.25, -0.2) is 0 Å². The number of carbonyl (C=O) groups is 1. The van der Waals surface area contributed by atoms with Gasteiger partial charge in [-0.1, -0.05) is 56.5 Å². The monoisotopic (exact) mass is 590 g/mol. The zero-order chi connectivity index (χ0) is 29.5. The maximum absolute atomic E-state index is 11.8. The largest absolute Gasteiger partial charge is 0.494 e. The first kappa shape index (κ1) is 31.7. The Morgan fingerprint density at radius 1 is 1.05 bits per heavy atom. The van der Waals surface area contributed by atoms with Crippen molar-refractivity contribution in [2.75, 3.05) is 33.0 Å². The SMILES string of the molecule is CCCCO[C@H]1[C@@H](O)[C@]2(COC(C)=O)CO[C@@](c3ccc(Cl)c(Cc4ccc(OCC)cc4)c3)(O2)[C@@H]1OCCCC. The van der Waals surface area contributed by atoms with Crippen molar-refractivity contribution < 1.29 is 38.3 Å². The molecule has 41 heavy (non-hydrogen) atoms. The summed E-state index contributed by atoms with van der Waals surface area (Å²) in [6.45, 7) is 8.76. The number of halogens is 1. The van der Waals surface area contributed by atoms with Crippen LogP contribution < -0.4 is 4.74 Å². The van der Waals surface area contributed by atoms with Crippen LogP contribution >= 0.6 is 11.6 Å². The molecule has 5 atom stereocenters. The third-order valence-electron chi connectivity index (χ3n) is 7.61. The van der Waals surface area contributed by atoms with Crippen LogP contribution in [-0.2, 0) is 40.7 Å². The molecule has 9 heteroatoms. The van der Waals surface area contributed by atoms with Crippen molar-refractivity contribution in [2.45, 2.75) is 89.5 Å². The van der Waals surface area contributed by atoms with E-state index in [-0.39, 0.29) is 13.2 Å². The molecule has 0 amide bonds. The number of hydrogen-bond acceptors (Lipinski definition) is 8. The maximum atomic E-state index is 11.8. The van der Waals surface area contributed by atoms with Crippen LogP contribution in [0.5, 0.6) is 5.75 Å². The van der Waals surface area contributed by atoms with Gasteiger partial charge in [0.1, 0.15) is 30.7 Å². The Morgan fingerprint density at radius 3 is 2.41 bits per heavy atom. The van der Waals surface area contributed by atoms with Crippen molar-refractivity contribution in [3.05, 3.63) is 64.2 Å². The van der Waals surface area contributed by atoms with Crippen molar-refractivity contribution in [3.8, 4) is 5.75 Å². The molecule has 0 saturated carbocycles. The van der Waals surface area contributed by atoms with E-state index in [1.54, 1.807) is 0 Å². The second kappa shape index (κ2) is 14.3. The quantitative estimate of drug-likeness (QED) is 0.212. The number of fused-ring (bicyclic) bond motifs is 2. The summed E-state index contributed by atoms with van der Waals surface area (Å²) in [5, 5.41) is 12.2.